The maximum Gasteiger partial charge on any atom is 0.339 e. The lowest BCUT2D eigenvalue weighted by Crippen LogP contribution is -2.58. The predicted molar refractivity (Wildman–Crippen MR) is 89.6 cm³/mol. The zero-order chi connectivity index (χ0) is 17.6. The molecule has 4 nitrogen and oxygen atoms in total. The fourth-order valence-corrected chi connectivity index (χ4v) is 3.92. The molecule has 0 saturated carbocycles. The Labute approximate surface area is 136 Å². The molecule has 0 aliphatic carbocycles. The van der Waals surface area contributed by atoms with Crippen LogP contribution >= 0.6 is 0 Å². The second-order valence-corrected chi connectivity index (χ2v) is 7.79. The van der Waals surface area contributed by atoms with E-state index >= 15 is 0 Å². The lowest BCUT2D eigenvalue weighted by Gasteiger charge is -2.50. The number of carbonyl (C=O) groups is 1. The largest absolute Gasteiger partial charge is 0.479 e. The van der Waals surface area contributed by atoms with Crippen LogP contribution in [-0.4, -0.2) is 23.3 Å². The van der Waals surface area contributed by atoms with Crippen molar-refractivity contribution < 1.29 is 19.7 Å². The number of aliphatic carboxylic acids is 1. The first-order chi connectivity index (χ1) is 10.0. The van der Waals surface area contributed by atoms with Crippen molar-refractivity contribution in [2.75, 3.05) is 6.61 Å². The first-order valence-corrected chi connectivity index (χ1v) is 8.55. The molecule has 0 aromatic heterocycles. The topological polar surface area (TPSA) is 55.8 Å². The van der Waals surface area contributed by atoms with Crippen LogP contribution in [-0.2, 0) is 14.6 Å². The highest BCUT2D eigenvalue weighted by Gasteiger charge is 2.58. The van der Waals surface area contributed by atoms with Gasteiger partial charge in [-0.1, -0.05) is 68.2 Å². The average molecular weight is 316 g/mol. The monoisotopic (exact) mass is 316 g/mol. The quantitative estimate of drug-likeness (QED) is 0.347. The molecule has 0 amide bonds. The smallest absolute Gasteiger partial charge is 0.339 e. The van der Waals surface area contributed by atoms with Gasteiger partial charge in [-0.15, -0.1) is 0 Å². The minimum absolute atomic E-state index is 0.0130. The summed E-state index contributed by atoms with van der Waals surface area (Å²) in [5, 5.41) is 9.92. The normalized spacial score (nSPS) is 17.1. The van der Waals surface area contributed by atoms with E-state index in [4.69, 9.17) is 9.78 Å². The van der Waals surface area contributed by atoms with Gasteiger partial charge in [-0.2, -0.15) is 0 Å². The van der Waals surface area contributed by atoms with Crippen LogP contribution < -0.4 is 0 Å². The number of carboxylic acid groups (broad SMARTS) is 1. The van der Waals surface area contributed by atoms with Crippen LogP contribution in [0.4, 0.5) is 0 Å². The molecule has 0 radical (unpaired) electrons. The van der Waals surface area contributed by atoms with Crippen LogP contribution in [0, 0.1) is 16.7 Å². The van der Waals surface area contributed by atoms with Crippen molar-refractivity contribution in [2.24, 2.45) is 16.7 Å². The van der Waals surface area contributed by atoms with Gasteiger partial charge in [0.05, 0.1) is 6.61 Å². The Balaban J connectivity index is 5.59. The Kier molecular flexibility index (Phi) is 8.07. The van der Waals surface area contributed by atoms with Gasteiger partial charge in [-0.05, 0) is 24.2 Å². The zero-order valence-electron chi connectivity index (χ0n) is 15.8. The molecule has 0 saturated heterocycles. The van der Waals surface area contributed by atoms with Crippen molar-refractivity contribution in [3.63, 3.8) is 0 Å². The lowest BCUT2D eigenvalue weighted by molar-refractivity contribution is -0.382. The van der Waals surface area contributed by atoms with Gasteiger partial charge in [0.15, 0.2) is 0 Å². The third-order valence-electron chi connectivity index (χ3n) is 4.99. The van der Waals surface area contributed by atoms with E-state index in [1.54, 1.807) is 0 Å². The van der Waals surface area contributed by atoms with Gasteiger partial charge in [0, 0.05) is 5.41 Å². The van der Waals surface area contributed by atoms with Crippen LogP contribution in [0.3, 0.4) is 0 Å². The fraction of sp³-hybridized carbons (Fsp3) is 0.944. The number of carboxylic acids is 1. The molecule has 0 heterocycles. The lowest BCUT2D eigenvalue weighted by atomic mass is 9.57. The molecule has 0 aliphatic heterocycles. The van der Waals surface area contributed by atoms with E-state index in [0.717, 1.165) is 19.3 Å². The average Bonchev–Trinajstić information content (AvgIpc) is 2.37. The first kappa shape index (κ1) is 21.4. The molecule has 2 unspecified atom stereocenters. The van der Waals surface area contributed by atoms with Crippen molar-refractivity contribution in [1.82, 2.24) is 0 Å². The second kappa shape index (κ2) is 8.30. The molecule has 0 fully saturated rings. The van der Waals surface area contributed by atoms with E-state index in [1.165, 1.54) is 0 Å². The van der Waals surface area contributed by atoms with E-state index in [9.17, 15) is 9.90 Å². The van der Waals surface area contributed by atoms with E-state index in [1.807, 2.05) is 20.8 Å². The Morgan fingerprint density at radius 2 is 1.64 bits per heavy atom. The Bertz CT molecular complexity index is 343. The maximum absolute atomic E-state index is 12.1. The van der Waals surface area contributed by atoms with Crippen molar-refractivity contribution in [1.29, 1.82) is 0 Å². The highest BCUT2D eigenvalue weighted by atomic mass is 17.2. The van der Waals surface area contributed by atoms with Gasteiger partial charge in [0.2, 0.25) is 5.60 Å². The minimum atomic E-state index is -1.34. The summed E-state index contributed by atoms with van der Waals surface area (Å²) in [6, 6.07) is 0. The minimum Gasteiger partial charge on any atom is -0.479 e. The summed E-state index contributed by atoms with van der Waals surface area (Å²) in [5.74, 6) is -0.759. The Morgan fingerprint density at radius 3 is 1.95 bits per heavy atom. The van der Waals surface area contributed by atoms with Crippen LogP contribution in [0.1, 0.15) is 81.1 Å². The van der Waals surface area contributed by atoms with E-state index in [-0.39, 0.29) is 11.3 Å². The second-order valence-electron chi connectivity index (χ2n) is 7.79. The summed E-state index contributed by atoms with van der Waals surface area (Å²) in [4.78, 5) is 23.0. The van der Waals surface area contributed by atoms with Crippen LogP contribution in [0.15, 0.2) is 0 Å². The molecule has 0 bridgehead atoms. The SMILES string of the molecule is CCCCOOC(CC)(C(=O)O)C(C)(C)C(CC)C(C)(C)C. The maximum atomic E-state index is 12.1. The van der Waals surface area contributed by atoms with Crippen molar-refractivity contribution >= 4 is 5.97 Å². The summed E-state index contributed by atoms with van der Waals surface area (Å²) in [6.45, 7) is 16.9. The van der Waals surface area contributed by atoms with Crippen LogP contribution in [0.5, 0.6) is 0 Å². The van der Waals surface area contributed by atoms with Gasteiger partial charge >= 0.3 is 5.97 Å². The third kappa shape index (κ3) is 4.45. The fourth-order valence-electron chi connectivity index (χ4n) is 3.92. The van der Waals surface area contributed by atoms with Crippen LogP contribution in [0.25, 0.3) is 0 Å². The molecule has 0 rings (SSSR count). The summed E-state index contributed by atoms with van der Waals surface area (Å²) in [6.07, 6.45) is 3.10. The highest BCUT2D eigenvalue weighted by molar-refractivity contribution is 5.78. The molecule has 0 aromatic rings. The predicted octanol–water partition coefficient (Wildman–Crippen LogP) is 5.07. The summed E-state index contributed by atoms with van der Waals surface area (Å²) in [5.41, 5.74) is -1.91. The van der Waals surface area contributed by atoms with E-state index in [0.29, 0.717) is 13.0 Å². The van der Waals surface area contributed by atoms with Crippen molar-refractivity contribution in [2.45, 2.75) is 86.7 Å². The molecule has 0 spiro atoms. The summed E-state index contributed by atoms with van der Waals surface area (Å²) in [7, 11) is 0. The zero-order valence-corrected chi connectivity index (χ0v) is 15.8. The highest BCUT2D eigenvalue weighted by Crippen LogP contribution is 2.51. The van der Waals surface area contributed by atoms with Crippen LogP contribution in [0.2, 0.25) is 0 Å². The van der Waals surface area contributed by atoms with Gasteiger partial charge in [0.1, 0.15) is 0 Å². The van der Waals surface area contributed by atoms with E-state index in [2.05, 4.69) is 34.6 Å². The Hall–Kier alpha value is -0.610. The molecule has 0 aliphatic rings. The van der Waals surface area contributed by atoms with Crippen molar-refractivity contribution in [3.05, 3.63) is 0 Å². The molecular formula is C18H36O4. The Morgan fingerprint density at radius 1 is 1.09 bits per heavy atom. The number of unbranched alkanes of at least 4 members (excludes halogenated alkanes) is 1. The number of rotatable bonds is 10. The molecule has 132 valence electrons. The molecule has 4 heteroatoms. The summed E-state index contributed by atoms with van der Waals surface area (Å²) < 4.78 is 0. The van der Waals surface area contributed by atoms with Gasteiger partial charge in [0.25, 0.3) is 0 Å². The van der Waals surface area contributed by atoms with E-state index < -0.39 is 17.0 Å². The molecule has 1 N–H and O–H groups in total. The molecule has 2 atom stereocenters. The summed E-state index contributed by atoms with van der Waals surface area (Å²) >= 11 is 0. The van der Waals surface area contributed by atoms with Gasteiger partial charge in [-0.3, -0.25) is 0 Å². The van der Waals surface area contributed by atoms with Gasteiger partial charge < -0.3 is 5.11 Å². The number of hydrogen-bond acceptors (Lipinski definition) is 3. The third-order valence-corrected chi connectivity index (χ3v) is 4.99. The molecular weight excluding hydrogens is 280 g/mol. The molecule has 22 heavy (non-hydrogen) atoms. The van der Waals surface area contributed by atoms with Gasteiger partial charge in [-0.25, -0.2) is 14.6 Å². The first-order valence-electron chi connectivity index (χ1n) is 8.55. The number of hydrogen-bond donors (Lipinski definition) is 1. The van der Waals surface area contributed by atoms with Crippen molar-refractivity contribution in [3.8, 4) is 0 Å². The standard InChI is InChI=1S/C18H36O4/c1-9-12-13-21-22-18(11-3,15(19)20)17(7,8)14(10-2)16(4,5)6/h14H,9-13H2,1-8H3,(H,19,20). The molecule has 0 aromatic carbocycles.